The number of fused-ring (bicyclic) bond motifs is 1. The SMILES string of the molecule is O=C(c1ccc(Oc2nccnc2N2CCCC2)cc1)c1nc2ccccc2[nH]1. The van der Waals surface area contributed by atoms with Crippen LogP contribution in [0.5, 0.6) is 11.6 Å². The average molecular weight is 385 g/mol. The lowest BCUT2D eigenvalue weighted by Crippen LogP contribution is -2.20. The van der Waals surface area contributed by atoms with Crippen LogP contribution in [-0.2, 0) is 0 Å². The van der Waals surface area contributed by atoms with Crippen molar-refractivity contribution in [3.05, 3.63) is 72.3 Å². The lowest BCUT2D eigenvalue weighted by molar-refractivity contribution is 0.103. The normalized spacial score (nSPS) is 13.7. The number of carbonyl (C=O) groups excluding carboxylic acids is 1. The molecule has 0 atom stereocenters. The van der Waals surface area contributed by atoms with E-state index in [9.17, 15) is 4.79 Å². The Morgan fingerprint density at radius 2 is 1.72 bits per heavy atom. The summed E-state index contributed by atoms with van der Waals surface area (Å²) in [6.07, 6.45) is 5.59. The number of carbonyl (C=O) groups is 1. The smallest absolute Gasteiger partial charge is 0.263 e. The molecule has 29 heavy (non-hydrogen) atoms. The highest BCUT2D eigenvalue weighted by molar-refractivity contribution is 6.08. The topological polar surface area (TPSA) is 84.0 Å². The molecule has 0 aliphatic carbocycles. The van der Waals surface area contributed by atoms with E-state index in [1.165, 1.54) is 0 Å². The number of anilines is 1. The highest BCUT2D eigenvalue weighted by Gasteiger charge is 2.19. The quantitative estimate of drug-likeness (QED) is 0.523. The van der Waals surface area contributed by atoms with E-state index < -0.39 is 0 Å². The van der Waals surface area contributed by atoms with Gasteiger partial charge in [0.15, 0.2) is 11.6 Å². The third kappa shape index (κ3) is 3.42. The molecule has 0 saturated carbocycles. The lowest BCUT2D eigenvalue weighted by atomic mass is 10.1. The molecule has 0 bridgehead atoms. The van der Waals surface area contributed by atoms with E-state index in [1.54, 1.807) is 36.7 Å². The molecule has 7 nitrogen and oxygen atoms in total. The van der Waals surface area contributed by atoms with Crippen molar-refractivity contribution in [1.29, 1.82) is 0 Å². The molecule has 2 aromatic heterocycles. The molecule has 1 saturated heterocycles. The second kappa shape index (κ2) is 7.35. The third-order valence-electron chi connectivity index (χ3n) is 4.99. The molecule has 0 amide bonds. The number of benzene rings is 2. The molecule has 0 radical (unpaired) electrons. The Morgan fingerprint density at radius 3 is 2.52 bits per heavy atom. The van der Waals surface area contributed by atoms with Gasteiger partial charge in [-0.3, -0.25) is 4.79 Å². The van der Waals surface area contributed by atoms with Gasteiger partial charge in [0.2, 0.25) is 5.78 Å². The van der Waals surface area contributed by atoms with Gasteiger partial charge in [0.05, 0.1) is 11.0 Å². The van der Waals surface area contributed by atoms with Crippen molar-refractivity contribution in [1.82, 2.24) is 19.9 Å². The Morgan fingerprint density at radius 1 is 0.966 bits per heavy atom. The zero-order chi connectivity index (χ0) is 19.6. The summed E-state index contributed by atoms with van der Waals surface area (Å²) in [5.41, 5.74) is 2.15. The minimum absolute atomic E-state index is 0.162. The maximum atomic E-state index is 12.8. The van der Waals surface area contributed by atoms with Crippen molar-refractivity contribution in [2.45, 2.75) is 12.8 Å². The maximum Gasteiger partial charge on any atom is 0.263 e. The summed E-state index contributed by atoms with van der Waals surface area (Å²) in [7, 11) is 0. The Kier molecular flexibility index (Phi) is 4.40. The second-order valence-corrected chi connectivity index (χ2v) is 6.94. The molecule has 5 rings (SSSR count). The molecule has 144 valence electrons. The largest absolute Gasteiger partial charge is 0.436 e. The number of rotatable bonds is 5. The number of ether oxygens (including phenoxy) is 1. The van der Waals surface area contributed by atoms with Crippen molar-refractivity contribution in [3.63, 3.8) is 0 Å². The average Bonchev–Trinajstić information content (AvgIpc) is 3.44. The van der Waals surface area contributed by atoms with E-state index in [-0.39, 0.29) is 5.78 Å². The summed E-state index contributed by atoms with van der Waals surface area (Å²) in [5, 5.41) is 0. The number of nitrogens with one attached hydrogen (secondary N) is 1. The van der Waals surface area contributed by atoms with Crippen molar-refractivity contribution in [3.8, 4) is 11.6 Å². The highest BCUT2D eigenvalue weighted by Crippen LogP contribution is 2.30. The predicted molar refractivity (Wildman–Crippen MR) is 110 cm³/mol. The number of hydrogen-bond donors (Lipinski definition) is 1. The molecular formula is C22H19N5O2. The first kappa shape index (κ1) is 17.4. The molecular weight excluding hydrogens is 366 g/mol. The Balaban J connectivity index is 1.36. The van der Waals surface area contributed by atoms with Gasteiger partial charge in [-0.2, -0.15) is 0 Å². The lowest BCUT2D eigenvalue weighted by Gasteiger charge is -2.18. The van der Waals surface area contributed by atoms with Crippen molar-refractivity contribution >= 4 is 22.6 Å². The number of aromatic amines is 1. The Labute approximate surface area is 167 Å². The second-order valence-electron chi connectivity index (χ2n) is 6.94. The monoisotopic (exact) mass is 385 g/mol. The fraction of sp³-hybridized carbons (Fsp3) is 0.182. The van der Waals surface area contributed by atoms with Crippen molar-refractivity contribution in [2.75, 3.05) is 18.0 Å². The van der Waals surface area contributed by atoms with E-state index in [0.717, 1.165) is 42.8 Å². The number of para-hydroxylation sites is 2. The number of aromatic nitrogens is 4. The van der Waals surface area contributed by atoms with Crippen LogP contribution in [-0.4, -0.2) is 38.8 Å². The van der Waals surface area contributed by atoms with Crippen LogP contribution in [0.15, 0.2) is 60.9 Å². The van der Waals surface area contributed by atoms with Gasteiger partial charge in [-0.15, -0.1) is 0 Å². The van der Waals surface area contributed by atoms with Gasteiger partial charge in [-0.1, -0.05) is 12.1 Å². The summed E-state index contributed by atoms with van der Waals surface area (Å²) in [5.74, 6) is 2.00. The van der Waals surface area contributed by atoms with Gasteiger partial charge in [0, 0.05) is 31.0 Å². The zero-order valence-corrected chi connectivity index (χ0v) is 15.7. The molecule has 1 aliphatic heterocycles. The minimum Gasteiger partial charge on any atom is -0.436 e. The van der Waals surface area contributed by atoms with E-state index >= 15 is 0 Å². The Hall–Kier alpha value is -3.74. The van der Waals surface area contributed by atoms with E-state index in [2.05, 4.69) is 24.8 Å². The zero-order valence-electron chi connectivity index (χ0n) is 15.7. The molecule has 1 N–H and O–H groups in total. The van der Waals surface area contributed by atoms with Crippen LogP contribution >= 0.6 is 0 Å². The van der Waals surface area contributed by atoms with Crippen LogP contribution < -0.4 is 9.64 Å². The number of H-pyrrole nitrogens is 1. The fourth-order valence-electron chi connectivity index (χ4n) is 3.52. The van der Waals surface area contributed by atoms with Crippen LogP contribution in [0.2, 0.25) is 0 Å². The standard InChI is InChI=1S/C22H19N5O2/c28-19(20-25-17-5-1-2-6-18(17)26-20)15-7-9-16(10-8-15)29-22-21(23-11-12-24-22)27-13-3-4-14-27/h1-2,5-12H,3-4,13-14H2,(H,25,26). The summed E-state index contributed by atoms with van der Waals surface area (Å²) >= 11 is 0. The number of nitrogens with zero attached hydrogens (tertiary/aromatic N) is 4. The molecule has 0 spiro atoms. The first-order valence-corrected chi connectivity index (χ1v) is 9.61. The first-order valence-electron chi connectivity index (χ1n) is 9.61. The van der Waals surface area contributed by atoms with Crippen LogP contribution in [0.1, 0.15) is 29.0 Å². The molecule has 0 unspecified atom stereocenters. The number of hydrogen-bond acceptors (Lipinski definition) is 6. The molecule has 1 fully saturated rings. The summed E-state index contributed by atoms with van der Waals surface area (Å²) in [4.78, 5) is 31.2. The van der Waals surface area contributed by atoms with Gasteiger partial charge < -0.3 is 14.6 Å². The van der Waals surface area contributed by atoms with Crippen molar-refractivity contribution in [2.24, 2.45) is 0 Å². The van der Waals surface area contributed by atoms with E-state index in [0.29, 0.717) is 23.0 Å². The van der Waals surface area contributed by atoms with Gasteiger partial charge in [-0.05, 0) is 49.2 Å². The van der Waals surface area contributed by atoms with E-state index in [4.69, 9.17) is 4.74 Å². The Bertz CT molecular complexity index is 1130. The summed E-state index contributed by atoms with van der Waals surface area (Å²) in [6, 6.07) is 14.6. The molecule has 4 aromatic rings. The van der Waals surface area contributed by atoms with E-state index in [1.807, 2.05) is 24.3 Å². The molecule has 7 heteroatoms. The number of ketones is 1. The third-order valence-corrected chi connectivity index (χ3v) is 4.99. The summed E-state index contributed by atoms with van der Waals surface area (Å²) < 4.78 is 5.96. The van der Waals surface area contributed by atoms with Gasteiger partial charge in [-0.25, -0.2) is 15.0 Å². The minimum atomic E-state index is -0.162. The van der Waals surface area contributed by atoms with Crippen LogP contribution in [0.3, 0.4) is 0 Å². The molecule has 3 heterocycles. The van der Waals surface area contributed by atoms with Crippen LogP contribution in [0.4, 0.5) is 5.82 Å². The molecule has 1 aliphatic rings. The van der Waals surface area contributed by atoms with Crippen LogP contribution in [0, 0.1) is 0 Å². The fourth-order valence-corrected chi connectivity index (χ4v) is 3.52. The number of imidazole rings is 1. The van der Waals surface area contributed by atoms with Crippen molar-refractivity contribution < 1.29 is 9.53 Å². The summed E-state index contributed by atoms with van der Waals surface area (Å²) in [6.45, 7) is 1.92. The van der Waals surface area contributed by atoms with Crippen LogP contribution in [0.25, 0.3) is 11.0 Å². The van der Waals surface area contributed by atoms with Gasteiger partial charge >= 0.3 is 0 Å². The van der Waals surface area contributed by atoms with Gasteiger partial charge in [0.25, 0.3) is 5.88 Å². The first-order chi connectivity index (χ1) is 14.3. The van der Waals surface area contributed by atoms with Gasteiger partial charge in [0.1, 0.15) is 5.75 Å². The maximum absolute atomic E-state index is 12.8. The molecule has 2 aromatic carbocycles. The predicted octanol–water partition coefficient (Wildman–Crippen LogP) is 3.98. The highest BCUT2D eigenvalue weighted by atomic mass is 16.5.